The van der Waals surface area contributed by atoms with Gasteiger partial charge in [0.25, 0.3) is 0 Å². The molecule has 0 aliphatic carbocycles. The molecule has 0 radical (unpaired) electrons. The van der Waals surface area contributed by atoms with Crippen LogP contribution < -0.4 is 0 Å². The summed E-state index contributed by atoms with van der Waals surface area (Å²) in [6.45, 7) is 4.48. The number of rotatable bonds is 6. The number of nitrogens with one attached hydrogen (secondary N) is 1. The smallest absolute Gasteiger partial charge is 0.243 e. The number of imidazole rings is 1. The molecule has 1 N–H and O–H groups in total. The van der Waals surface area contributed by atoms with Crippen LogP contribution in [0, 0.1) is 0 Å². The van der Waals surface area contributed by atoms with Crippen LogP contribution in [0.5, 0.6) is 0 Å². The first-order valence-electron chi connectivity index (χ1n) is 8.21. The monoisotopic (exact) mass is 393 g/mol. The first-order valence-corrected chi connectivity index (χ1v) is 10.0. The number of hydrogen-bond acceptors (Lipinski definition) is 4. The Kier molecular flexibility index (Phi) is 5.17. The third kappa shape index (κ3) is 3.53. The molecule has 26 heavy (non-hydrogen) atoms. The normalized spacial score (nSPS) is 13.0. The van der Waals surface area contributed by atoms with Crippen LogP contribution in [-0.4, -0.2) is 45.6 Å². The second kappa shape index (κ2) is 7.22. The summed E-state index contributed by atoms with van der Waals surface area (Å²) in [6, 6.07) is 4.84. The molecule has 2 heterocycles. The van der Waals surface area contributed by atoms with Gasteiger partial charge in [-0.05, 0) is 24.3 Å². The molecule has 0 saturated heterocycles. The maximum atomic E-state index is 12.7. The van der Waals surface area contributed by atoms with Gasteiger partial charge in [0.15, 0.2) is 0 Å². The summed E-state index contributed by atoms with van der Waals surface area (Å²) < 4.78 is 28.4. The highest BCUT2D eigenvalue weighted by Gasteiger charge is 2.22. The lowest BCUT2D eigenvalue weighted by Gasteiger charge is -2.18. The molecule has 0 saturated carbocycles. The van der Waals surface area contributed by atoms with Crippen molar-refractivity contribution in [3.63, 3.8) is 0 Å². The zero-order valence-corrected chi connectivity index (χ0v) is 16.3. The zero-order chi connectivity index (χ0) is 18.9. The molecule has 0 bridgehead atoms. The van der Waals surface area contributed by atoms with E-state index in [-0.39, 0.29) is 4.90 Å². The summed E-state index contributed by atoms with van der Waals surface area (Å²) in [6.07, 6.45) is 5.28. The molecule has 7 nitrogen and oxygen atoms in total. The highest BCUT2D eigenvalue weighted by molar-refractivity contribution is 7.89. The number of aromatic amines is 1. The number of sulfonamides is 1. The van der Waals surface area contributed by atoms with Gasteiger partial charge in [-0.15, -0.1) is 0 Å². The summed E-state index contributed by atoms with van der Waals surface area (Å²) in [5.74, 6) is 0.475. The van der Waals surface area contributed by atoms with Crippen LogP contribution in [0.4, 0.5) is 0 Å². The van der Waals surface area contributed by atoms with Gasteiger partial charge in [0.05, 0.1) is 27.2 Å². The SMILES string of the molecule is CCN(CC)S(=O)(=O)c1ccc2nc(/C(Cl)=C/c3cnn(C)c3)[nH]c2c1. The van der Waals surface area contributed by atoms with E-state index in [9.17, 15) is 8.42 Å². The lowest BCUT2D eigenvalue weighted by Crippen LogP contribution is -2.30. The van der Waals surface area contributed by atoms with Crippen molar-refractivity contribution in [3.8, 4) is 0 Å². The predicted octanol–water partition coefficient (Wildman–Crippen LogP) is 3.06. The Morgan fingerprint density at radius 3 is 2.69 bits per heavy atom. The Hall–Kier alpha value is -2.16. The molecule has 3 aromatic rings. The Bertz CT molecular complexity index is 1060. The first-order chi connectivity index (χ1) is 12.3. The Morgan fingerprint density at radius 1 is 1.35 bits per heavy atom. The standard InChI is InChI=1S/C17H20ClN5O2S/c1-4-23(5-2)26(24,25)13-6-7-15-16(9-13)21-17(20-15)14(18)8-12-10-19-22(3)11-12/h6-11H,4-5H2,1-3H3,(H,20,21)/b14-8-. The minimum absolute atomic E-state index is 0.233. The zero-order valence-electron chi connectivity index (χ0n) is 14.8. The van der Waals surface area contributed by atoms with Crippen molar-refractivity contribution in [2.45, 2.75) is 18.7 Å². The molecular formula is C17H20ClN5O2S. The van der Waals surface area contributed by atoms with E-state index in [1.54, 1.807) is 35.2 Å². The number of aromatic nitrogens is 4. The van der Waals surface area contributed by atoms with Crippen molar-refractivity contribution in [1.29, 1.82) is 0 Å². The Balaban J connectivity index is 1.99. The quantitative estimate of drug-likeness (QED) is 0.697. The van der Waals surface area contributed by atoms with Crippen LogP contribution in [0.15, 0.2) is 35.5 Å². The second-order valence-electron chi connectivity index (χ2n) is 5.79. The highest BCUT2D eigenvalue weighted by atomic mass is 35.5. The van der Waals surface area contributed by atoms with Crippen molar-refractivity contribution < 1.29 is 8.42 Å². The number of fused-ring (bicyclic) bond motifs is 1. The molecule has 9 heteroatoms. The van der Waals surface area contributed by atoms with Crippen molar-refractivity contribution in [1.82, 2.24) is 24.1 Å². The number of H-pyrrole nitrogens is 1. The molecule has 138 valence electrons. The van der Waals surface area contributed by atoms with E-state index in [1.165, 1.54) is 4.31 Å². The fourth-order valence-electron chi connectivity index (χ4n) is 2.70. The third-order valence-electron chi connectivity index (χ3n) is 4.04. The van der Waals surface area contributed by atoms with E-state index in [0.29, 0.717) is 35.0 Å². The number of benzene rings is 1. The van der Waals surface area contributed by atoms with Crippen LogP contribution in [0.2, 0.25) is 0 Å². The predicted molar refractivity (Wildman–Crippen MR) is 103 cm³/mol. The maximum Gasteiger partial charge on any atom is 0.243 e. The van der Waals surface area contributed by atoms with E-state index >= 15 is 0 Å². The summed E-state index contributed by atoms with van der Waals surface area (Å²) in [5, 5.41) is 4.51. The molecule has 0 spiro atoms. The summed E-state index contributed by atoms with van der Waals surface area (Å²) in [5.41, 5.74) is 2.12. The van der Waals surface area contributed by atoms with E-state index in [0.717, 1.165) is 5.56 Å². The fraction of sp³-hybridized carbons (Fsp3) is 0.294. The van der Waals surface area contributed by atoms with Crippen LogP contribution >= 0.6 is 11.6 Å². The Morgan fingerprint density at radius 2 is 2.08 bits per heavy atom. The van der Waals surface area contributed by atoms with Crippen molar-refractivity contribution >= 4 is 43.8 Å². The molecule has 3 rings (SSSR count). The maximum absolute atomic E-state index is 12.7. The number of halogens is 1. The van der Waals surface area contributed by atoms with E-state index < -0.39 is 10.0 Å². The van der Waals surface area contributed by atoms with Gasteiger partial charge in [0.2, 0.25) is 10.0 Å². The van der Waals surface area contributed by atoms with Gasteiger partial charge < -0.3 is 4.98 Å². The van der Waals surface area contributed by atoms with Gasteiger partial charge in [-0.1, -0.05) is 25.4 Å². The molecule has 0 unspecified atom stereocenters. The molecular weight excluding hydrogens is 374 g/mol. The minimum atomic E-state index is -3.52. The number of aryl methyl sites for hydroxylation is 1. The van der Waals surface area contributed by atoms with Gasteiger partial charge in [-0.3, -0.25) is 4.68 Å². The van der Waals surface area contributed by atoms with Crippen LogP contribution in [0.1, 0.15) is 25.2 Å². The molecule has 0 fully saturated rings. The van der Waals surface area contributed by atoms with E-state index in [4.69, 9.17) is 11.6 Å². The lowest BCUT2D eigenvalue weighted by atomic mass is 10.3. The van der Waals surface area contributed by atoms with Crippen LogP contribution in [0.3, 0.4) is 0 Å². The molecule has 0 aliphatic heterocycles. The number of nitrogens with zero attached hydrogens (tertiary/aromatic N) is 4. The van der Waals surface area contributed by atoms with Crippen molar-refractivity contribution in [2.24, 2.45) is 7.05 Å². The van der Waals surface area contributed by atoms with Gasteiger partial charge >= 0.3 is 0 Å². The van der Waals surface area contributed by atoms with Gasteiger partial charge in [0.1, 0.15) is 5.82 Å². The van der Waals surface area contributed by atoms with Crippen molar-refractivity contribution in [3.05, 3.63) is 42.0 Å². The second-order valence-corrected chi connectivity index (χ2v) is 8.14. The minimum Gasteiger partial charge on any atom is -0.337 e. The Labute approximate surface area is 157 Å². The van der Waals surface area contributed by atoms with E-state index in [2.05, 4.69) is 15.1 Å². The fourth-order valence-corrected chi connectivity index (χ4v) is 4.40. The third-order valence-corrected chi connectivity index (χ3v) is 6.37. The van der Waals surface area contributed by atoms with Gasteiger partial charge in [0, 0.05) is 31.9 Å². The number of hydrogen-bond donors (Lipinski definition) is 1. The highest BCUT2D eigenvalue weighted by Crippen LogP contribution is 2.25. The largest absolute Gasteiger partial charge is 0.337 e. The molecule has 1 aromatic carbocycles. The molecule has 2 aromatic heterocycles. The van der Waals surface area contributed by atoms with Crippen LogP contribution in [0.25, 0.3) is 22.1 Å². The van der Waals surface area contributed by atoms with E-state index in [1.807, 2.05) is 27.1 Å². The molecule has 0 amide bonds. The first kappa shape index (κ1) is 18.6. The average Bonchev–Trinajstić information content (AvgIpc) is 3.21. The summed E-state index contributed by atoms with van der Waals surface area (Å²) in [4.78, 5) is 7.75. The summed E-state index contributed by atoms with van der Waals surface area (Å²) >= 11 is 6.35. The summed E-state index contributed by atoms with van der Waals surface area (Å²) in [7, 11) is -1.70. The molecule has 0 aliphatic rings. The van der Waals surface area contributed by atoms with Crippen LogP contribution in [-0.2, 0) is 17.1 Å². The molecule has 0 atom stereocenters. The average molecular weight is 394 g/mol. The lowest BCUT2D eigenvalue weighted by molar-refractivity contribution is 0.445. The van der Waals surface area contributed by atoms with Crippen molar-refractivity contribution in [2.75, 3.05) is 13.1 Å². The topological polar surface area (TPSA) is 83.9 Å². The van der Waals surface area contributed by atoms with Gasteiger partial charge in [-0.2, -0.15) is 9.40 Å². The van der Waals surface area contributed by atoms with Gasteiger partial charge in [-0.25, -0.2) is 13.4 Å².